The summed E-state index contributed by atoms with van der Waals surface area (Å²) in [5.74, 6) is 1.49. The molecule has 0 spiro atoms. The second-order valence-electron chi connectivity index (χ2n) is 4.86. The molecule has 2 aliphatic heterocycles. The molecule has 0 radical (unpaired) electrons. The fourth-order valence-corrected chi connectivity index (χ4v) is 2.70. The lowest BCUT2D eigenvalue weighted by atomic mass is 9.95. The monoisotopic (exact) mass is 250 g/mol. The maximum Gasteiger partial charge on any atom is 0.128 e. The lowest BCUT2D eigenvalue weighted by Gasteiger charge is -2.32. The lowest BCUT2D eigenvalue weighted by Crippen LogP contribution is -2.36. The van der Waals surface area contributed by atoms with Crippen molar-refractivity contribution in [1.29, 1.82) is 0 Å². The van der Waals surface area contributed by atoms with E-state index in [9.17, 15) is 5.11 Å². The van der Waals surface area contributed by atoms with E-state index in [0.29, 0.717) is 6.42 Å². The molecule has 0 saturated carbocycles. The minimum Gasteiger partial charge on any atom is -0.497 e. The number of ether oxygens (including phenoxy) is 3. The van der Waals surface area contributed by atoms with Crippen LogP contribution in [-0.4, -0.2) is 31.0 Å². The SMILES string of the molecule is COc1ccc2c(c1)[C@H](O)CC(C1CCCO1)O2. The van der Waals surface area contributed by atoms with Crippen molar-refractivity contribution in [3.63, 3.8) is 0 Å². The second kappa shape index (κ2) is 4.78. The highest BCUT2D eigenvalue weighted by Crippen LogP contribution is 2.39. The van der Waals surface area contributed by atoms with Crippen molar-refractivity contribution < 1.29 is 19.3 Å². The highest BCUT2D eigenvalue weighted by molar-refractivity contribution is 5.43. The Balaban J connectivity index is 1.83. The number of rotatable bonds is 2. The van der Waals surface area contributed by atoms with Gasteiger partial charge in [0, 0.05) is 18.6 Å². The van der Waals surface area contributed by atoms with Crippen molar-refractivity contribution >= 4 is 0 Å². The molecule has 0 aliphatic carbocycles. The van der Waals surface area contributed by atoms with E-state index in [1.165, 1.54) is 0 Å². The summed E-state index contributed by atoms with van der Waals surface area (Å²) in [6.45, 7) is 0.802. The number of hydrogen-bond donors (Lipinski definition) is 1. The highest BCUT2D eigenvalue weighted by Gasteiger charge is 2.34. The van der Waals surface area contributed by atoms with Gasteiger partial charge in [-0.05, 0) is 31.0 Å². The van der Waals surface area contributed by atoms with Gasteiger partial charge in [-0.15, -0.1) is 0 Å². The molecule has 2 aliphatic rings. The maximum atomic E-state index is 10.2. The molecule has 4 nitrogen and oxygen atoms in total. The normalized spacial score (nSPS) is 30.7. The summed E-state index contributed by atoms with van der Waals surface area (Å²) in [7, 11) is 1.62. The summed E-state index contributed by atoms with van der Waals surface area (Å²) >= 11 is 0. The van der Waals surface area contributed by atoms with E-state index < -0.39 is 6.10 Å². The van der Waals surface area contributed by atoms with Gasteiger partial charge in [0.25, 0.3) is 0 Å². The van der Waals surface area contributed by atoms with Crippen LogP contribution in [-0.2, 0) is 4.74 Å². The number of fused-ring (bicyclic) bond motifs is 1. The Morgan fingerprint density at radius 3 is 2.94 bits per heavy atom. The molecule has 0 amide bonds. The average Bonchev–Trinajstić information content (AvgIpc) is 2.92. The predicted octanol–water partition coefficient (Wildman–Crippen LogP) is 2.06. The van der Waals surface area contributed by atoms with Crippen molar-refractivity contribution in [2.75, 3.05) is 13.7 Å². The van der Waals surface area contributed by atoms with Crippen LogP contribution in [0.2, 0.25) is 0 Å². The molecule has 0 bridgehead atoms. The zero-order chi connectivity index (χ0) is 12.5. The van der Waals surface area contributed by atoms with Crippen molar-refractivity contribution in [3.05, 3.63) is 23.8 Å². The van der Waals surface area contributed by atoms with Crippen molar-refractivity contribution in [2.45, 2.75) is 37.6 Å². The Kier molecular flexibility index (Phi) is 3.14. The van der Waals surface area contributed by atoms with Gasteiger partial charge in [-0.2, -0.15) is 0 Å². The Morgan fingerprint density at radius 1 is 1.33 bits per heavy atom. The van der Waals surface area contributed by atoms with Gasteiger partial charge in [0.1, 0.15) is 17.6 Å². The number of aliphatic hydroxyl groups is 1. The molecule has 1 aromatic carbocycles. The zero-order valence-corrected chi connectivity index (χ0v) is 10.5. The van der Waals surface area contributed by atoms with Crippen LogP contribution in [0.15, 0.2) is 18.2 Å². The molecule has 98 valence electrons. The van der Waals surface area contributed by atoms with Gasteiger partial charge in [0.2, 0.25) is 0 Å². The first-order valence-electron chi connectivity index (χ1n) is 6.42. The molecule has 2 unspecified atom stereocenters. The first kappa shape index (κ1) is 11.8. The molecule has 0 aromatic heterocycles. The lowest BCUT2D eigenvalue weighted by molar-refractivity contribution is -0.0272. The minimum atomic E-state index is -0.502. The van der Waals surface area contributed by atoms with Crippen molar-refractivity contribution in [3.8, 4) is 11.5 Å². The molecule has 1 saturated heterocycles. The van der Waals surface area contributed by atoms with Crippen LogP contribution in [0.5, 0.6) is 11.5 Å². The molecule has 1 fully saturated rings. The van der Waals surface area contributed by atoms with Gasteiger partial charge in [0.05, 0.1) is 19.3 Å². The number of aliphatic hydroxyl groups excluding tert-OH is 1. The first-order valence-corrected chi connectivity index (χ1v) is 6.42. The first-order chi connectivity index (χ1) is 8.78. The van der Waals surface area contributed by atoms with E-state index in [4.69, 9.17) is 14.2 Å². The summed E-state index contributed by atoms with van der Waals surface area (Å²) in [6.07, 6.45) is 2.26. The van der Waals surface area contributed by atoms with Crippen LogP contribution in [0.1, 0.15) is 30.9 Å². The number of methoxy groups -OCH3 is 1. The fourth-order valence-electron chi connectivity index (χ4n) is 2.70. The van der Waals surface area contributed by atoms with E-state index >= 15 is 0 Å². The largest absolute Gasteiger partial charge is 0.497 e. The van der Waals surface area contributed by atoms with Crippen molar-refractivity contribution in [2.24, 2.45) is 0 Å². The average molecular weight is 250 g/mol. The fraction of sp³-hybridized carbons (Fsp3) is 0.571. The molecule has 3 atom stereocenters. The van der Waals surface area contributed by atoms with E-state index in [2.05, 4.69) is 0 Å². The van der Waals surface area contributed by atoms with Crippen LogP contribution >= 0.6 is 0 Å². The van der Waals surface area contributed by atoms with Crippen LogP contribution in [0.3, 0.4) is 0 Å². The summed E-state index contributed by atoms with van der Waals surface area (Å²) in [5, 5.41) is 10.2. The molecular formula is C14H18O4. The molecule has 4 heteroatoms. The summed E-state index contributed by atoms with van der Waals surface area (Å²) in [6, 6.07) is 5.55. The molecule has 3 rings (SSSR count). The molecule has 18 heavy (non-hydrogen) atoms. The van der Waals surface area contributed by atoms with Gasteiger partial charge in [-0.25, -0.2) is 0 Å². The molecule has 1 N–H and O–H groups in total. The number of hydrogen-bond acceptors (Lipinski definition) is 4. The molecular weight excluding hydrogens is 232 g/mol. The Labute approximate surface area is 106 Å². The van der Waals surface area contributed by atoms with Crippen LogP contribution in [0.4, 0.5) is 0 Å². The van der Waals surface area contributed by atoms with Gasteiger partial charge in [-0.1, -0.05) is 0 Å². The summed E-state index contributed by atoms with van der Waals surface area (Å²) < 4.78 is 16.7. The van der Waals surface area contributed by atoms with Crippen molar-refractivity contribution in [1.82, 2.24) is 0 Å². The predicted molar refractivity (Wildman–Crippen MR) is 66.0 cm³/mol. The van der Waals surface area contributed by atoms with E-state index in [1.54, 1.807) is 7.11 Å². The Hall–Kier alpha value is -1.26. The van der Waals surface area contributed by atoms with E-state index in [1.807, 2.05) is 18.2 Å². The Morgan fingerprint density at radius 2 is 2.22 bits per heavy atom. The minimum absolute atomic E-state index is 0.0385. The quantitative estimate of drug-likeness (QED) is 0.872. The zero-order valence-electron chi connectivity index (χ0n) is 10.5. The van der Waals surface area contributed by atoms with Gasteiger partial charge in [-0.3, -0.25) is 0 Å². The molecule has 1 aromatic rings. The molecule has 2 heterocycles. The van der Waals surface area contributed by atoms with Gasteiger partial charge >= 0.3 is 0 Å². The van der Waals surface area contributed by atoms with Gasteiger partial charge in [0.15, 0.2) is 0 Å². The topological polar surface area (TPSA) is 47.9 Å². The van der Waals surface area contributed by atoms with Crippen LogP contribution in [0, 0.1) is 0 Å². The van der Waals surface area contributed by atoms with E-state index in [-0.39, 0.29) is 12.2 Å². The van der Waals surface area contributed by atoms with Crippen LogP contribution in [0.25, 0.3) is 0 Å². The third kappa shape index (κ3) is 2.06. The third-order valence-corrected chi connectivity index (χ3v) is 3.69. The maximum absolute atomic E-state index is 10.2. The smallest absolute Gasteiger partial charge is 0.128 e. The standard InChI is InChI=1S/C14H18O4/c1-16-9-4-5-12-10(7-9)11(15)8-14(18-12)13-3-2-6-17-13/h4-5,7,11,13-15H,2-3,6,8H2,1H3/t11-,13?,14?/m1/s1. The summed E-state index contributed by atoms with van der Waals surface area (Å²) in [5.41, 5.74) is 0.809. The van der Waals surface area contributed by atoms with Gasteiger partial charge < -0.3 is 19.3 Å². The van der Waals surface area contributed by atoms with Crippen LogP contribution < -0.4 is 9.47 Å². The third-order valence-electron chi connectivity index (χ3n) is 3.69. The Bertz CT molecular complexity index is 426. The second-order valence-corrected chi connectivity index (χ2v) is 4.86. The van der Waals surface area contributed by atoms with E-state index in [0.717, 1.165) is 36.5 Å². The summed E-state index contributed by atoms with van der Waals surface area (Å²) in [4.78, 5) is 0. The highest BCUT2D eigenvalue weighted by atomic mass is 16.5. The number of benzene rings is 1.